The SMILES string of the molecule is CCOC(=O)Cl.CCOC(=O)N(C(=O)c1ccc(C(=O)OC)cc1)c1ccc2c(c1)C(C)(C)CCC2(C)C.COC(=O)c1ccc(C(=O)Nc2ccc3c(c2)C(C)(C)CCC3(C)C)cc1.[H-].[Na+]. The molecule has 0 aliphatic heterocycles. The van der Waals surface area contributed by atoms with Crippen LogP contribution >= 0.6 is 11.6 Å². The molecule has 3 amide bonds. The van der Waals surface area contributed by atoms with Crippen LogP contribution in [0.4, 0.5) is 21.0 Å². The Morgan fingerprint density at radius 3 is 1.36 bits per heavy atom. The number of halogens is 1. The minimum Gasteiger partial charge on any atom is -1.00 e. The van der Waals surface area contributed by atoms with E-state index in [1.54, 1.807) is 44.2 Å². The van der Waals surface area contributed by atoms with Crippen LogP contribution in [-0.2, 0) is 40.6 Å². The zero-order valence-corrected chi connectivity index (χ0v) is 43.5. The van der Waals surface area contributed by atoms with E-state index in [-0.39, 0.29) is 70.7 Å². The standard InChI is InChI=1S/C26H31NO5.C23H27NO3.C3H5ClO2.Na.H/c1-7-32-24(30)27(22(28)17-8-10-18(11-9-17)23(29)31-6)19-12-13-20-21(16-19)26(4,5)15-14-25(20,2)3;1-22(2)12-13-23(3,4)19-14-17(10-11-18(19)22)24-20(25)15-6-8-16(9-7-15)21(26)27-5;1-2-6-3(4)5;;/h8-13,16H,7,14-15H2,1-6H3;6-11,14H,12-13H2,1-5H3,(H,24,25);2H2,1H3;;/q;;;+1;-1. The number of benzene rings is 4. The summed E-state index contributed by atoms with van der Waals surface area (Å²) in [4.78, 5) is 72.7. The Morgan fingerprint density at radius 1 is 0.561 bits per heavy atom. The van der Waals surface area contributed by atoms with Crippen LogP contribution in [0.3, 0.4) is 0 Å². The summed E-state index contributed by atoms with van der Waals surface area (Å²) in [6.07, 6.45) is 3.63. The van der Waals surface area contributed by atoms with Crippen LogP contribution in [-0.4, -0.2) is 62.7 Å². The van der Waals surface area contributed by atoms with Gasteiger partial charge in [0.05, 0.1) is 44.2 Å². The van der Waals surface area contributed by atoms with Gasteiger partial charge < -0.3 is 25.7 Å². The maximum atomic E-state index is 13.4. The van der Waals surface area contributed by atoms with Crippen molar-refractivity contribution in [2.75, 3.05) is 37.7 Å². The predicted octanol–water partition coefficient (Wildman–Crippen LogP) is 9.20. The van der Waals surface area contributed by atoms with E-state index in [9.17, 15) is 28.8 Å². The number of amides is 3. The molecule has 0 atom stereocenters. The molecule has 1 N–H and O–H groups in total. The van der Waals surface area contributed by atoms with Crippen molar-refractivity contribution in [1.29, 1.82) is 0 Å². The minimum atomic E-state index is -0.738. The summed E-state index contributed by atoms with van der Waals surface area (Å²) < 4.78 is 18.8. The zero-order chi connectivity index (χ0) is 48.5. The first-order valence-corrected chi connectivity index (χ1v) is 22.1. The summed E-state index contributed by atoms with van der Waals surface area (Å²) in [5.74, 6) is -1.63. The number of esters is 2. The Morgan fingerprint density at radius 2 is 0.955 bits per heavy atom. The van der Waals surface area contributed by atoms with Crippen molar-refractivity contribution in [3.05, 3.63) is 129 Å². The van der Waals surface area contributed by atoms with E-state index in [0.29, 0.717) is 29.0 Å². The largest absolute Gasteiger partial charge is 1.00 e. The Labute approximate surface area is 418 Å². The number of nitrogens with zero attached hydrogens (tertiary/aromatic N) is 1. The molecule has 0 aromatic heterocycles. The molecule has 14 heteroatoms. The van der Waals surface area contributed by atoms with Gasteiger partial charge in [-0.2, -0.15) is 0 Å². The molecule has 0 saturated carbocycles. The van der Waals surface area contributed by atoms with Crippen molar-refractivity contribution in [3.8, 4) is 0 Å². The fraction of sp³-hybridized carbons (Fsp3) is 0.423. The van der Waals surface area contributed by atoms with Gasteiger partial charge in [-0.05, 0) is 156 Å². The molecular weight excluding hydrogens is 871 g/mol. The van der Waals surface area contributed by atoms with E-state index in [2.05, 4.69) is 82.3 Å². The van der Waals surface area contributed by atoms with Gasteiger partial charge in [-0.25, -0.2) is 24.1 Å². The maximum absolute atomic E-state index is 13.4. The van der Waals surface area contributed by atoms with Crippen LogP contribution in [0.5, 0.6) is 0 Å². The van der Waals surface area contributed by atoms with Gasteiger partial charge in [-0.1, -0.05) is 67.5 Å². The number of hydrogen-bond acceptors (Lipinski definition) is 10. The molecule has 0 heterocycles. The van der Waals surface area contributed by atoms with Crippen molar-refractivity contribution in [2.45, 2.75) is 117 Å². The third-order valence-corrected chi connectivity index (χ3v) is 12.3. The minimum absolute atomic E-state index is 0. The fourth-order valence-corrected chi connectivity index (χ4v) is 8.17. The average molecular weight is 936 g/mol. The molecule has 2 aliphatic rings. The van der Waals surface area contributed by atoms with Crippen LogP contribution in [0.15, 0.2) is 84.9 Å². The Bertz CT molecular complexity index is 2400. The van der Waals surface area contributed by atoms with Gasteiger partial charge in [0, 0.05) is 28.4 Å². The number of rotatable bonds is 8. The van der Waals surface area contributed by atoms with E-state index in [1.165, 1.54) is 55.2 Å². The number of ether oxygens (including phenoxy) is 4. The van der Waals surface area contributed by atoms with Gasteiger partial charge in [-0.3, -0.25) is 9.59 Å². The Balaban J connectivity index is 0.000000403. The molecule has 6 rings (SSSR count). The van der Waals surface area contributed by atoms with Crippen molar-refractivity contribution >= 4 is 58.3 Å². The van der Waals surface area contributed by atoms with E-state index in [0.717, 1.165) is 41.8 Å². The molecule has 0 unspecified atom stereocenters. The molecule has 0 fully saturated rings. The summed E-state index contributed by atoms with van der Waals surface area (Å²) in [5, 5.41) is 2.98. The average Bonchev–Trinajstić information content (AvgIpc) is 3.27. The molecule has 4 aromatic carbocycles. The second kappa shape index (κ2) is 23.1. The summed E-state index contributed by atoms with van der Waals surface area (Å²) in [7, 11) is 2.63. The van der Waals surface area contributed by atoms with Gasteiger partial charge in [0.15, 0.2) is 0 Å². The predicted molar refractivity (Wildman–Crippen MR) is 255 cm³/mol. The zero-order valence-electron chi connectivity index (χ0n) is 41.7. The summed E-state index contributed by atoms with van der Waals surface area (Å²) in [5.41, 5.74) is 7.25. The Hall–Kier alpha value is -5.01. The topological polar surface area (TPSA) is 155 Å². The number of fused-ring (bicyclic) bond motifs is 2. The first-order chi connectivity index (χ1) is 30.4. The maximum Gasteiger partial charge on any atom is 1.00 e. The number of carbonyl (C=O) groups excluding carboxylic acids is 6. The molecule has 2 aliphatic carbocycles. The molecule has 66 heavy (non-hydrogen) atoms. The molecule has 0 bridgehead atoms. The van der Waals surface area contributed by atoms with Crippen LogP contribution in [0, 0.1) is 0 Å². The summed E-state index contributed by atoms with van der Waals surface area (Å²) in [6.45, 7) is 21.8. The number of hydrogen-bond donors (Lipinski definition) is 1. The third kappa shape index (κ3) is 13.6. The fourth-order valence-electron chi connectivity index (χ4n) is 8.06. The monoisotopic (exact) mass is 934 g/mol. The van der Waals surface area contributed by atoms with E-state index >= 15 is 0 Å². The van der Waals surface area contributed by atoms with Crippen molar-refractivity contribution in [1.82, 2.24) is 0 Å². The second-order valence-corrected chi connectivity index (χ2v) is 18.9. The summed E-state index contributed by atoms with van der Waals surface area (Å²) >= 11 is 4.72. The van der Waals surface area contributed by atoms with Gasteiger partial charge in [-0.15, -0.1) is 0 Å². The molecule has 350 valence electrons. The number of imide groups is 1. The van der Waals surface area contributed by atoms with Gasteiger partial charge >= 0.3 is 53.0 Å². The number of anilines is 2. The van der Waals surface area contributed by atoms with Gasteiger partial charge in [0.2, 0.25) is 0 Å². The van der Waals surface area contributed by atoms with Crippen LogP contribution in [0.1, 0.15) is 160 Å². The van der Waals surface area contributed by atoms with Gasteiger partial charge in [0.1, 0.15) is 0 Å². The molecular formula is C52H64ClN2NaO10. The molecule has 0 spiro atoms. The van der Waals surface area contributed by atoms with Crippen molar-refractivity contribution in [3.63, 3.8) is 0 Å². The first-order valence-electron chi connectivity index (χ1n) is 21.7. The van der Waals surface area contributed by atoms with Crippen LogP contribution in [0.2, 0.25) is 0 Å². The normalized spacial score (nSPS) is 15.3. The van der Waals surface area contributed by atoms with Crippen molar-refractivity contribution in [2.24, 2.45) is 0 Å². The third-order valence-electron chi connectivity index (χ3n) is 12.2. The molecule has 4 aromatic rings. The second-order valence-electron chi connectivity index (χ2n) is 18.6. The van der Waals surface area contributed by atoms with E-state index in [4.69, 9.17) is 21.1 Å². The van der Waals surface area contributed by atoms with Crippen molar-refractivity contribution < 1.29 is 78.7 Å². The van der Waals surface area contributed by atoms with Crippen LogP contribution in [0.25, 0.3) is 0 Å². The molecule has 0 saturated heterocycles. The number of methoxy groups -OCH3 is 2. The number of nitrogens with one attached hydrogen (secondary N) is 1. The molecule has 0 radical (unpaired) electrons. The summed E-state index contributed by atoms with van der Waals surface area (Å²) in [6, 6.07) is 24.5. The molecule has 12 nitrogen and oxygen atoms in total. The Kier molecular flexibility index (Phi) is 19.4. The van der Waals surface area contributed by atoms with E-state index in [1.807, 2.05) is 18.2 Å². The smallest absolute Gasteiger partial charge is 1.00 e. The van der Waals surface area contributed by atoms with E-state index < -0.39 is 29.4 Å². The first kappa shape index (κ1) is 55.3. The van der Waals surface area contributed by atoms with Gasteiger partial charge in [0.25, 0.3) is 11.8 Å². The number of carbonyl (C=O) groups is 6. The van der Waals surface area contributed by atoms with Crippen LogP contribution < -0.4 is 39.8 Å². The quantitative estimate of drug-likeness (QED) is 0.0783.